The van der Waals surface area contributed by atoms with Gasteiger partial charge in [-0.25, -0.2) is 4.98 Å². The third kappa shape index (κ3) is 1.96. The molecule has 0 saturated carbocycles. The van der Waals surface area contributed by atoms with Crippen LogP contribution in [0.5, 0.6) is 0 Å². The molecule has 1 saturated heterocycles. The van der Waals surface area contributed by atoms with Crippen molar-refractivity contribution in [3.05, 3.63) is 24.4 Å². The highest BCUT2D eigenvalue weighted by atomic mass is 16.5. The molecule has 70 valence electrons. The Hall–Kier alpha value is -1.13. The Balaban J connectivity index is 1.98. The summed E-state index contributed by atoms with van der Waals surface area (Å²) in [7, 11) is 0. The fourth-order valence-electron chi connectivity index (χ4n) is 1.36. The van der Waals surface area contributed by atoms with Crippen molar-refractivity contribution >= 4 is 5.82 Å². The van der Waals surface area contributed by atoms with Crippen molar-refractivity contribution in [3.63, 3.8) is 0 Å². The van der Waals surface area contributed by atoms with E-state index in [0.717, 1.165) is 5.82 Å². The van der Waals surface area contributed by atoms with Crippen LogP contribution in [0.2, 0.25) is 0 Å². The standard InChI is InChI=1S/C9H13N3O/c10-7-5-13-6-8(7)12-9-3-1-2-4-11-9/h1-4,7-8H,5-6,10H2,(H,11,12). The lowest BCUT2D eigenvalue weighted by Crippen LogP contribution is -2.38. The van der Waals surface area contributed by atoms with Gasteiger partial charge in [-0.15, -0.1) is 0 Å². The van der Waals surface area contributed by atoms with Gasteiger partial charge in [0.05, 0.1) is 25.3 Å². The summed E-state index contributed by atoms with van der Waals surface area (Å²) in [5.74, 6) is 0.855. The Kier molecular flexibility index (Phi) is 2.42. The van der Waals surface area contributed by atoms with Crippen LogP contribution in [-0.2, 0) is 4.74 Å². The molecule has 0 spiro atoms. The number of hydrogen-bond donors (Lipinski definition) is 2. The van der Waals surface area contributed by atoms with Gasteiger partial charge in [0.1, 0.15) is 5.82 Å². The molecule has 2 unspecified atom stereocenters. The van der Waals surface area contributed by atoms with Gasteiger partial charge in [-0.05, 0) is 12.1 Å². The van der Waals surface area contributed by atoms with Gasteiger partial charge < -0.3 is 15.8 Å². The van der Waals surface area contributed by atoms with Crippen LogP contribution in [0.4, 0.5) is 5.82 Å². The van der Waals surface area contributed by atoms with E-state index in [4.69, 9.17) is 10.5 Å². The topological polar surface area (TPSA) is 60.2 Å². The van der Waals surface area contributed by atoms with E-state index in [1.165, 1.54) is 0 Å². The predicted octanol–water partition coefficient (Wildman–Crippen LogP) is 0.220. The molecule has 1 fully saturated rings. The zero-order chi connectivity index (χ0) is 9.10. The minimum atomic E-state index is 0.0713. The molecular formula is C9H13N3O. The van der Waals surface area contributed by atoms with Gasteiger partial charge >= 0.3 is 0 Å². The van der Waals surface area contributed by atoms with Crippen LogP contribution in [0.1, 0.15) is 0 Å². The molecule has 1 aliphatic heterocycles. The van der Waals surface area contributed by atoms with Crippen molar-refractivity contribution in [3.8, 4) is 0 Å². The number of hydrogen-bond acceptors (Lipinski definition) is 4. The SMILES string of the molecule is NC1COCC1Nc1ccccn1. The summed E-state index contributed by atoms with van der Waals surface area (Å²) >= 11 is 0. The average molecular weight is 179 g/mol. The minimum absolute atomic E-state index is 0.0713. The summed E-state index contributed by atoms with van der Waals surface area (Å²) < 4.78 is 5.23. The van der Waals surface area contributed by atoms with Crippen LogP contribution in [0.25, 0.3) is 0 Å². The summed E-state index contributed by atoms with van der Waals surface area (Å²) in [5, 5.41) is 3.23. The van der Waals surface area contributed by atoms with Gasteiger partial charge in [0.25, 0.3) is 0 Å². The van der Waals surface area contributed by atoms with Crippen LogP contribution in [-0.4, -0.2) is 30.3 Å². The second kappa shape index (κ2) is 3.72. The zero-order valence-electron chi connectivity index (χ0n) is 7.31. The molecule has 0 aliphatic carbocycles. The van der Waals surface area contributed by atoms with Crippen molar-refractivity contribution < 1.29 is 4.74 Å². The lowest BCUT2D eigenvalue weighted by Gasteiger charge is -2.15. The second-order valence-corrected chi connectivity index (χ2v) is 3.17. The van der Waals surface area contributed by atoms with Gasteiger partial charge in [0.15, 0.2) is 0 Å². The first-order valence-corrected chi connectivity index (χ1v) is 4.37. The van der Waals surface area contributed by atoms with E-state index in [1.54, 1.807) is 6.20 Å². The molecule has 4 heteroatoms. The molecule has 4 nitrogen and oxygen atoms in total. The van der Waals surface area contributed by atoms with E-state index in [1.807, 2.05) is 18.2 Å². The highest BCUT2D eigenvalue weighted by Gasteiger charge is 2.24. The summed E-state index contributed by atoms with van der Waals surface area (Å²) in [5.41, 5.74) is 5.81. The average Bonchev–Trinajstić information content (AvgIpc) is 2.54. The highest BCUT2D eigenvalue weighted by molar-refractivity contribution is 5.35. The summed E-state index contributed by atoms with van der Waals surface area (Å²) in [6.45, 7) is 1.29. The van der Waals surface area contributed by atoms with E-state index < -0.39 is 0 Å². The fraction of sp³-hybridized carbons (Fsp3) is 0.444. The lowest BCUT2D eigenvalue weighted by atomic mass is 10.2. The molecule has 2 heterocycles. The number of nitrogens with two attached hydrogens (primary N) is 1. The highest BCUT2D eigenvalue weighted by Crippen LogP contribution is 2.09. The molecule has 1 aliphatic rings. The molecule has 2 atom stereocenters. The largest absolute Gasteiger partial charge is 0.378 e. The second-order valence-electron chi connectivity index (χ2n) is 3.17. The summed E-state index contributed by atoms with van der Waals surface area (Å²) in [6.07, 6.45) is 1.75. The Labute approximate surface area is 77.1 Å². The first-order chi connectivity index (χ1) is 6.36. The first kappa shape index (κ1) is 8.47. The third-order valence-corrected chi connectivity index (χ3v) is 2.12. The zero-order valence-corrected chi connectivity index (χ0v) is 7.31. The van der Waals surface area contributed by atoms with Crippen LogP contribution < -0.4 is 11.1 Å². The molecule has 0 radical (unpaired) electrons. The van der Waals surface area contributed by atoms with E-state index in [-0.39, 0.29) is 12.1 Å². The number of rotatable bonds is 2. The Morgan fingerprint density at radius 1 is 1.46 bits per heavy atom. The quantitative estimate of drug-likeness (QED) is 0.681. The number of ether oxygens (including phenoxy) is 1. The van der Waals surface area contributed by atoms with Crippen LogP contribution in [0.15, 0.2) is 24.4 Å². The van der Waals surface area contributed by atoms with Gasteiger partial charge in [-0.3, -0.25) is 0 Å². The third-order valence-electron chi connectivity index (χ3n) is 2.12. The maximum absolute atomic E-state index is 5.81. The Morgan fingerprint density at radius 2 is 2.38 bits per heavy atom. The van der Waals surface area contributed by atoms with Crippen molar-refractivity contribution in [1.29, 1.82) is 0 Å². The maximum Gasteiger partial charge on any atom is 0.126 e. The van der Waals surface area contributed by atoms with Gasteiger partial charge in [-0.2, -0.15) is 0 Å². The first-order valence-electron chi connectivity index (χ1n) is 4.37. The molecule has 0 aromatic carbocycles. The molecule has 0 bridgehead atoms. The van der Waals surface area contributed by atoms with Crippen molar-refractivity contribution in [2.75, 3.05) is 18.5 Å². The molecule has 1 aromatic rings. The van der Waals surface area contributed by atoms with Gasteiger partial charge in [0.2, 0.25) is 0 Å². The van der Waals surface area contributed by atoms with Crippen LogP contribution >= 0.6 is 0 Å². The number of nitrogens with zero attached hydrogens (tertiary/aromatic N) is 1. The van der Waals surface area contributed by atoms with E-state index in [9.17, 15) is 0 Å². The Morgan fingerprint density at radius 3 is 3.00 bits per heavy atom. The van der Waals surface area contributed by atoms with Gasteiger partial charge in [0, 0.05) is 6.20 Å². The van der Waals surface area contributed by atoms with Crippen molar-refractivity contribution in [1.82, 2.24) is 4.98 Å². The van der Waals surface area contributed by atoms with E-state index >= 15 is 0 Å². The van der Waals surface area contributed by atoms with Crippen LogP contribution in [0.3, 0.4) is 0 Å². The maximum atomic E-state index is 5.81. The predicted molar refractivity (Wildman–Crippen MR) is 50.4 cm³/mol. The molecule has 13 heavy (non-hydrogen) atoms. The molecule has 0 amide bonds. The Bertz CT molecular complexity index is 265. The van der Waals surface area contributed by atoms with Gasteiger partial charge in [-0.1, -0.05) is 6.07 Å². The van der Waals surface area contributed by atoms with Crippen molar-refractivity contribution in [2.45, 2.75) is 12.1 Å². The fourth-order valence-corrected chi connectivity index (χ4v) is 1.36. The molecule has 3 N–H and O–H groups in total. The number of anilines is 1. The number of pyridine rings is 1. The number of nitrogens with one attached hydrogen (secondary N) is 1. The van der Waals surface area contributed by atoms with Crippen molar-refractivity contribution in [2.24, 2.45) is 5.73 Å². The molecule has 2 rings (SSSR count). The van der Waals surface area contributed by atoms with Crippen LogP contribution in [0, 0.1) is 0 Å². The van der Waals surface area contributed by atoms with E-state index in [0.29, 0.717) is 13.2 Å². The lowest BCUT2D eigenvalue weighted by molar-refractivity contribution is 0.192. The van der Waals surface area contributed by atoms with E-state index in [2.05, 4.69) is 10.3 Å². The monoisotopic (exact) mass is 179 g/mol. The molecule has 1 aromatic heterocycles. The summed E-state index contributed by atoms with van der Waals surface area (Å²) in [6, 6.07) is 6.01. The molecular weight excluding hydrogens is 166 g/mol. The normalized spacial score (nSPS) is 27.5. The summed E-state index contributed by atoms with van der Waals surface area (Å²) in [4.78, 5) is 4.15. The minimum Gasteiger partial charge on any atom is -0.378 e. The smallest absolute Gasteiger partial charge is 0.126 e. The number of aromatic nitrogens is 1.